The van der Waals surface area contributed by atoms with Gasteiger partial charge < -0.3 is 15.5 Å². The number of hydrogen-bond donors (Lipinski definition) is 2. The first-order valence-corrected chi connectivity index (χ1v) is 8.46. The minimum Gasteiger partial charge on any atom is -0.331 e. The largest absolute Gasteiger partial charge is 0.331 e. The van der Waals surface area contributed by atoms with Crippen molar-refractivity contribution >= 4 is 17.5 Å². The summed E-state index contributed by atoms with van der Waals surface area (Å²) in [7, 11) is 0. The molecule has 0 spiro atoms. The Hall–Kier alpha value is -1.95. The van der Waals surface area contributed by atoms with Gasteiger partial charge in [-0.1, -0.05) is 0 Å². The molecule has 1 fully saturated rings. The first-order valence-electron chi connectivity index (χ1n) is 8.46. The maximum atomic E-state index is 12.9. The van der Waals surface area contributed by atoms with Gasteiger partial charge in [0.1, 0.15) is 12.4 Å². The molecule has 2 atom stereocenters. The van der Waals surface area contributed by atoms with Gasteiger partial charge in [-0.2, -0.15) is 0 Å². The lowest BCUT2D eigenvalue weighted by atomic mass is 9.91. The lowest BCUT2D eigenvalue weighted by molar-refractivity contribution is -0.141. The second-order valence-corrected chi connectivity index (χ2v) is 6.69. The van der Waals surface area contributed by atoms with E-state index in [9.17, 15) is 14.0 Å². The Balaban J connectivity index is 1.98. The van der Waals surface area contributed by atoms with E-state index in [1.165, 1.54) is 24.3 Å². The topological polar surface area (TPSA) is 61.4 Å². The molecule has 2 N–H and O–H groups in total. The van der Waals surface area contributed by atoms with E-state index in [1.807, 2.05) is 13.8 Å². The molecule has 1 aromatic carbocycles. The molecular formula is C18H26FN3O2. The summed E-state index contributed by atoms with van der Waals surface area (Å²) in [5.41, 5.74) is 0.521. The molecule has 1 aliphatic rings. The summed E-state index contributed by atoms with van der Waals surface area (Å²) in [4.78, 5) is 26.7. The molecule has 2 amide bonds. The van der Waals surface area contributed by atoms with Gasteiger partial charge in [-0.25, -0.2) is 4.39 Å². The predicted molar refractivity (Wildman–Crippen MR) is 92.1 cm³/mol. The Morgan fingerprint density at radius 2 is 2.00 bits per heavy atom. The van der Waals surface area contributed by atoms with Crippen LogP contribution in [0.5, 0.6) is 0 Å². The Morgan fingerprint density at radius 3 is 2.58 bits per heavy atom. The molecule has 0 radical (unpaired) electrons. The molecular weight excluding hydrogens is 309 g/mol. The van der Waals surface area contributed by atoms with E-state index in [1.54, 1.807) is 4.90 Å². The highest BCUT2D eigenvalue weighted by molar-refractivity contribution is 5.94. The number of nitrogens with one attached hydrogen (secondary N) is 2. The molecule has 0 aromatic heterocycles. The van der Waals surface area contributed by atoms with Crippen LogP contribution in [0, 0.1) is 11.7 Å². The van der Waals surface area contributed by atoms with E-state index in [-0.39, 0.29) is 36.1 Å². The summed E-state index contributed by atoms with van der Waals surface area (Å²) >= 11 is 0. The summed E-state index contributed by atoms with van der Waals surface area (Å²) in [5, 5.41) is 6.04. The molecule has 2 rings (SSSR count). The molecule has 0 bridgehead atoms. The molecule has 0 aliphatic carbocycles. The Labute approximate surface area is 142 Å². The molecule has 1 saturated heterocycles. The fourth-order valence-electron chi connectivity index (χ4n) is 2.99. The van der Waals surface area contributed by atoms with Gasteiger partial charge >= 0.3 is 0 Å². The van der Waals surface area contributed by atoms with Crippen LogP contribution in [0.4, 0.5) is 10.1 Å². The third kappa shape index (κ3) is 5.03. The highest BCUT2D eigenvalue weighted by Crippen LogP contribution is 2.20. The standard InChI is InChI=1S/C18H26FN3O2/c1-12(2)22(18(24)14-8-9-20-13(3)10-14)11-17(23)21-16-6-4-15(19)5-7-16/h4-7,12-14,20H,8-11H2,1-3H3,(H,21,23)/t13-,14-/m0/s1. The molecule has 5 nitrogen and oxygen atoms in total. The lowest BCUT2D eigenvalue weighted by Crippen LogP contribution is -2.48. The summed E-state index contributed by atoms with van der Waals surface area (Å²) < 4.78 is 12.9. The van der Waals surface area contributed by atoms with Crippen LogP contribution in [0.2, 0.25) is 0 Å². The van der Waals surface area contributed by atoms with Crippen molar-refractivity contribution < 1.29 is 14.0 Å². The number of halogens is 1. The first-order chi connectivity index (χ1) is 11.4. The zero-order chi connectivity index (χ0) is 17.7. The number of carbonyl (C=O) groups excluding carboxylic acids is 2. The summed E-state index contributed by atoms with van der Waals surface area (Å²) in [6.45, 7) is 6.72. The van der Waals surface area contributed by atoms with Crippen LogP contribution in [0.1, 0.15) is 33.6 Å². The highest BCUT2D eigenvalue weighted by Gasteiger charge is 2.30. The van der Waals surface area contributed by atoms with Crippen LogP contribution in [0.15, 0.2) is 24.3 Å². The van der Waals surface area contributed by atoms with Crippen molar-refractivity contribution in [1.82, 2.24) is 10.2 Å². The molecule has 1 aliphatic heterocycles. The predicted octanol–water partition coefficient (Wildman–Crippen LogP) is 2.39. The van der Waals surface area contributed by atoms with Crippen molar-refractivity contribution in [2.75, 3.05) is 18.4 Å². The van der Waals surface area contributed by atoms with Crippen molar-refractivity contribution in [2.24, 2.45) is 5.92 Å². The monoisotopic (exact) mass is 335 g/mol. The Morgan fingerprint density at radius 1 is 1.33 bits per heavy atom. The van der Waals surface area contributed by atoms with Gasteiger partial charge in [-0.05, 0) is 64.4 Å². The molecule has 1 aromatic rings. The fraction of sp³-hybridized carbons (Fsp3) is 0.556. The number of amides is 2. The van der Waals surface area contributed by atoms with Crippen molar-refractivity contribution in [3.63, 3.8) is 0 Å². The van der Waals surface area contributed by atoms with Crippen LogP contribution in [0.25, 0.3) is 0 Å². The molecule has 0 unspecified atom stereocenters. The van der Waals surface area contributed by atoms with E-state index in [0.29, 0.717) is 11.7 Å². The van der Waals surface area contributed by atoms with E-state index in [4.69, 9.17) is 0 Å². The van der Waals surface area contributed by atoms with E-state index in [2.05, 4.69) is 17.6 Å². The van der Waals surface area contributed by atoms with Gasteiger partial charge in [0.05, 0.1) is 0 Å². The third-order valence-electron chi connectivity index (χ3n) is 4.32. The van der Waals surface area contributed by atoms with Crippen LogP contribution >= 0.6 is 0 Å². The third-order valence-corrected chi connectivity index (χ3v) is 4.32. The molecule has 1 heterocycles. The van der Waals surface area contributed by atoms with Gasteiger partial charge in [-0.15, -0.1) is 0 Å². The van der Waals surface area contributed by atoms with Crippen LogP contribution in [-0.4, -0.2) is 41.9 Å². The van der Waals surface area contributed by atoms with Gasteiger partial charge in [0, 0.05) is 23.7 Å². The maximum absolute atomic E-state index is 12.9. The minimum atomic E-state index is -0.355. The summed E-state index contributed by atoms with van der Waals surface area (Å²) in [6.07, 6.45) is 1.59. The summed E-state index contributed by atoms with van der Waals surface area (Å²) in [6, 6.07) is 5.85. The number of hydrogen-bond acceptors (Lipinski definition) is 3. The number of nitrogens with zero attached hydrogens (tertiary/aromatic N) is 1. The van der Waals surface area contributed by atoms with Crippen molar-refractivity contribution in [3.8, 4) is 0 Å². The molecule has 24 heavy (non-hydrogen) atoms. The SMILES string of the molecule is CC(C)N(CC(=O)Nc1ccc(F)cc1)C(=O)[C@H]1CCN[C@@H](C)C1. The van der Waals surface area contributed by atoms with Crippen molar-refractivity contribution in [1.29, 1.82) is 0 Å². The molecule has 0 saturated carbocycles. The van der Waals surface area contributed by atoms with Crippen molar-refractivity contribution in [2.45, 2.75) is 45.7 Å². The van der Waals surface area contributed by atoms with Gasteiger partial charge in [-0.3, -0.25) is 9.59 Å². The van der Waals surface area contributed by atoms with Crippen molar-refractivity contribution in [3.05, 3.63) is 30.1 Å². The number of benzene rings is 1. The zero-order valence-corrected chi connectivity index (χ0v) is 14.5. The maximum Gasteiger partial charge on any atom is 0.244 e. The van der Waals surface area contributed by atoms with Gasteiger partial charge in [0.15, 0.2) is 0 Å². The van der Waals surface area contributed by atoms with E-state index in [0.717, 1.165) is 19.4 Å². The number of piperidine rings is 1. The lowest BCUT2D eigenvalue weighted by Gasteiger charge is -2.34. The average Bonchev–Trinajstić information content (AvgIpc) is 2.54. The fourth-order valence-corrected chi connectivity index (χ4v) is 2.99. The van der Waals surface area contributed by atoms with Gasteiger partial charge in [0.25, 0.3) is 0 Å². The molecule has 6 heteroatoms. The van der Waals surface area contributed by atoms with Crippen LogP contribution < -0.4 is 10.6 Å². The zero-order valence-electron chi connectivity index (χ0n) is 14.5. The summed E-state index contributed by atoms with van der Waals surface area (Å²) in [5.74, 6) is -0.632. The first kappa shape index (κ1) is 18.4. The van der Waals surface area contributed by atoms with E-state index < -0.39 is 0 Å². The smallest absolute Gasteiger partial charge is 0.244 e. The molecule has 132 valence electrons. The number of carbonyl (C=O) groups is 2. The quantitative estimate of drug-likeness (QED) is 0.868. The normalized spacial score (nSPS) is 20.7. The average molecular weight is 335 g/mol. The highest BCUT2D eigenvalue weighted by atomic mass is 19.1. The van der Waals surface area contributed by atoms with E-state index >= 15 is 0 Å². The van der Waals surface area contributed by atoms with Crippen LogP contribution in [0.3, 0.4) is 0 Å². The van der Waals surface area contributed by atoms with Crippen LogP contribution in [-0.2, 0) is 9.59 Å². The van der Waals surface area contributed by atoms with Gasteiger partial charge in [0.2, 0.25) is 11.8 Å². The Kier molecular flexibility index (Phi) is 6.31. The Bertz CT molecular complexity index is 574. The second kappa shape index (κ2) is 8.24. The number of rotatable bonds is 5. The number of anilines is 1. The minimum absolute atomic E-state index is 0.00614. The second-order valence-electron chi connectivity index (χ2n) is 6.69.